The van der Waals surface area contributed by atoms with E-state index in [1.165, 1.54) is 12.7 Å². The third-order valence-corrected chi connectivity index (χ3v) is 4.41. The van der Waals surface area contributed by atoms with E-state index in [-0.39, 0.29) is 0 Å². The van der Waals surface area contributed by atoms with Gasteiger partial charge in [-0.25, -0.2) is 4.98 Å². The summed E-state index contributed by atoms with van der Waals surface area (Å²) in [7, 11) is 3.14. The standard InChI is InChI=1S/C18H23N3O3/c1-13(21-8-10-24-11-9-21)14-4-6-15(7-5-14)16-12-19-18(23-3)20-17(16)22-2/h4-7,12-13H,8-11H2,1-3H3/t13-/m1/s1. The topological polar surface area (TPSA) is 56.7 Å². The molecule has 24 heavy (non-hydrogen) atoms. The molecule has 1 aliphatic rings. The summed E-state index contributed by atoms with van der Waals surface area (Å²) in [6.45, 7) is 5.80. The maximum absolute atomic E-state index is 5.43. The number of hydrogen-bond acceptors (Lipinski definition) is 6. The van der Waals surface area contributed by atoms with Crippen LogP contribution in [0.1, 0.15) is 18.5 Å². The first-order valence-corrected chi connectivity index (χ1v) is 8.10. The molecule has 1 atom stereocenters. The highest BCUT2D eigenvalue weighted by molar-refractivity contribution is 5.68. The second-order valence-corrected chi connectivity index (χ2v) is 5.73. The number of ether oxygens (including phenoxy) is 3. The van der Waals surface area contributed by atoms with E-state index in [0.717, 1.165) is 37.4 Å². The molecule has 1 aliphatic heterocycles. The van der Waals surface area contributed by atoms with Crippen LogP contribution in [0.4, 0.5) is 0 Å². The van der Waals surface area contributed by atoms with Crippen molar-refractivity contribution in [1.82, 2.24) is 14.9 Å². The van der Waals surface area contributed by atoms with Crippen molar-refractivity contribution in [2.45, 2.75) is 13.0 Å². The molecule has 1 saturated heterocycles. The van der Waals surface area contributed by atoms with Crippen molar-refractivity contribution in [3.8, 4) is 23.0 Å². The third-order valence-electron chi connectivity index (χ3n) is 4.41. The molecule has 0 spiro atoms. The molecule has 0 radical (unpaired) electrons. The SMILES string of the molecule is COc1ncc(-c2ccc([C@@H](C)N3CCOCC3)cc2)c(OC)n1. The van der Waals surface area contributed by atoms with Crippen LogP contribution < -0.4 is 9.47 Å². The lowest BCUT2D eigenvalue weighted by atomic mass is 10.0. The molecule has 0 unspecified atom stereocenters. The largest absolute Gasteiger partial charge is 0.480 e. The van der Waals surface area contributed by atoms with Crippen LogP contribution in [-0.2, 0) is 4.74 Å². The molecule has 2 heterocycles. The average molecular weight is 329 g/mol. The molecular weight excluding hydrogens is 306 g/mol. The van der Waals surface area contributed by atoms with Gasteiger partial charge in [0.05, 0.1) is 33.0 Å². The van der Waals surface area contributed by atoms with Crippen molar-refractivity contribution in [3.05, 3.63) is 36.0 Å². The zero-order valence-electron chi connectivity index (χ0n) is 14.4. The van der Waals surface area contributed by atoms with Gasteiger partial charge in [-0.3, -0.25) is 4.90 Å². The highest BCUT2D eigenvalue weighted by Crippen LogP contribution is 2.30. The van der Waals surface area contributed by atoms with Gasteiger partial charge in [0.15, 0.2) is 0 Å². The van der Waals surface area contributed by atoms with Crippen LogP contribution in [0.25, 0.3) is 11.1 Å². The lowest BCUT2D eigenvalue weighted by Crippen LogP contribution is -2.37. The second-order valence-electron chi connectivity index (χ2n) is 5.73. The predicted molar refractivity (Wildman–Crippen MR) is 91.4 cm³/mol. The minimum absolute atomic E-state index is 0.299. The molecular formula is C18H23N3O3. The van der Waals surface area contributed by atoms with Gasteiger partial charge in [0, 0.05) is 25.3 Å². The molecule has 0 saturated carbocycles. The van der Waals surface area contributed by atoms with Gasteiger partial charge in [-0.05, 0) is 18.1 Å². The van der Waals surface area contributed by atoms with E-state index in [0.29, 0.717) is 17.9 Å². The van der Waals surface area contributed by atoms with Gasteiger partial charge in [0.25, 0.3) is 0 Å². The van der Waals surface area contributed by atoms with E-state index in [4.69, 9.17) is 14.2 Å². The second kappa shape index (κ2) is 7.59. The number of rotatable bonds is 5. The Hall–Kier alpha value is -2.18. The van der Waals surface area contributed by atoms with Crippen LogP contribution in [0.3, 0.4) is 0 Å². The fraction of sp³-hybridized carbons (Fsp3) is 0.444. The van der Waals surface area contributed by atoms with E-state index in [2.05, 4.69) is 46.1 Å². The molecule has 6 heteroatoms. The van der Waals surface area contributed by atoms with E-state index >= 15 is 0 Å². The van der Waals surface area contributed by atoms with Crippen molar-refractivity contribution in [1.29, 1.82) is 0 Å². The minimum atomic E-state index is 0.299. The van der Waals surface area contributed by atoms with Gasteiger partial charge < -0.3 is 14.2 Å². The van der Waals surface area contributed by atoms with Gasteiger partial charge in [-0.15, -0.1) is 0 Å². The third kappa shape index (κ3) is 3.49. The first-order chi connectivity index (χ1) is 11.7. The zero-order chi connectivity index (χ0) is 16.9. The Kier molecular flexibility index (Phi) is 5.27. The Morgan fingerprint density at radius 2 is 1.79 bits per heavy atom. The van der Waals surface area contributed by atoms with Crippen LogP contribution >= 0.6 is 0 Å². The highest BCUT2D eigenvalue weighted by Gasteiger charge is 2.18. The first kappa shape index (κ1) is 16.7. The summed E-state index contributed by atoms with van der Waals surface area (Å²) in [5, 5.41) is 0. The lowest BCUT2D eigenvalue weighted by Gasteiger charge is -2.32. The van der Waals surface area contributed by atoms with Gasteiger partial charge in [0.2, 0.25) is 5.88 Å². The monoisotopic (exact) mass is 329 g/mol. The maximum atomic E-state index is 5.43. The summed E-state index contributed by atoms with van der Waals surface area (Å²) in [6, 6.07) is 9.14. The molecule has 1 aromatic carbocycles. The van der Waals surface area contributed by atoms with Crippen molar-refractivity contribution < 1.29 is 14.2 Å². The lowest BCUT2D eigenvalue weighted by molar-refractivity contribution is 0.0198. The normalized spacial score (nSPS) is 16.6. The number of aromatic nitrogens is 2. The maximum Gasteiger partial charge on any atom is 0.319 e. The Morgan fingerprint density at radius 1 is 1.08 bits per heavy atom. The van der Waals surface area contributed by atoms with E-state index < -0.39 is 0 Å². The van der Waals surface area contributed by atoms with Crippen LogP contribution in [0.15, 0.2) is 30.5 Å². The molecule has 0 aliphatic carbocycles. The van der Waals surface area contributed by atoms with Crippen molar-refractivity contribution >= 4 is 0 Å². The van der Waals surface area contributed by atoms with Crippen LogP contribution in [-0.4, -0.2) is 55.4 Å². The Morgan fingerprint density at radius 3 is 2.42 bits per heavy atom. The number of hydrogen-bond donors (Lipinski definition) is 0. The molecule has 3 rings (SSSR count). The predicted octanol–water partition coefficient (Wildman–Crippen LogP) is 2.55. The fourth-order valence-corrected chi connectivity index (χ4v) is 2.92. The van der Waals surface area contributed by atoms with E-state index in [1.54, 1.807) is 13.3 Å². The van der Waals surface area contributed by atoms with Crippen LogP contribution in [0, 0.1) is 0 Å². The van der Waals surface area contributed by atoms with Crippen molar-refractivity contribution in [3.63, 3.8) is 0 Å². The van der Waals surface area contributed by atoms with Gasteiger partial charge in [-0.1, -0.05) is 24.3 Å². The quantitative estimate of drug-likeness (QED) is 0.840. The number of methoxy groups -OCH3 is 2. The summed E-state index contributed by atoms with van der Waals surface area (Å²) in [5.41, 5.74) is 3.16. The fourth-order valence-electron chi connectivity index (χ4n) is 2.92. The Bertz CT molecular complexity index is 670. The highest BCUT2D eigenvalue weighted by atomic mass is 16.5. The summed E-state index contributed by atoms with van der Waals surface area (Å²) < 4.78 is 15.8. The summed E-state index contributed by atoms with van der Waals surface area (Å²) in [6.07, 6.45) is 1.73. The molecule has 0 bridgehead atoms. The molecule has 0 amide bonds. The van der Waals surface area contributed by atoms with E-state index in [9.17, 15) is 0 Å². The Balaban J connectivity index is 1.81. The molecule has 0 N–H and O–H groups in total. The number of benzene rings is 1. The van der Waals surface area contributed by atoms with Gasteiger partial charge in [-0.2, -0.15) is 4.98 Å². The van der Waals surface area contributed by atoms with Crippen molar-refractivity contribution in [2.24, 2.45) is 0 Å². The van der Waals surface area contributed by atoms with E-state index in [1.807, 2.05) is 0 Å². The first-order valence-electron chi connectivity index (χ1n) is 8.10. The smallest absolute Gasteiger partial charge is 0.319 e. The molecule has 2 aromatic rings. The summed E-state index contributed by atoms with van der Waals surface area (Å²) in [4.78, 5) is 10.9. The molecule has 1 aromatic heterocycles. The average Bonchev–Trinajstić information content (AvgIpc) is 2.67. The zero-order valence-corrected chi connectivity index (χ0v) is 14.4. The summed E-state index contributed by atoms with van der Waals surface area (Å²) >= 11 is 0. The molecule has 6 nitrogen and oxygen atoms in total. The van der Waals surface area contributed by atoms with Gasteiger partial charge >= 0.3 is 6.01 Å². The van der Waals surface area contributed by atoms with Crippen LogP contribution in [0.5, 0.6) is 11.9 Å². The Labute approximate surface area is 142 Å². The molecule has 1 fully saturated rings. The molecule has 128 valence electrons. The summed E-state index contributed by atoms with van der Waals surface area (Å²) in [5.74, 6) is 0.510. The number of nitrogens with zero attached hydrogens (tertiary/aromatic N) is 3. The van der Waals surface area contributed by atoms with Gasteiger partial charge in [0.1, 0.15) is 0 Å². The number of morpholine rings is 1. The van der Waals surface area contributed by atoms with Crippen molar-refractivity contribution in [2.75, 3.05) is 40.5 Å². The minimum Gasteiger partial charge on any atom is -0.480 e. The van der Waals surface area contributed by atoms with Crippen LogP contribution in [0.2, 0.25) is 0 Å².